The Balaban J connectivity index is 1.76. The van der Waals surface area contributed by atoms with Crippen LogP contribution < -0.4 is 5.32 Å². The smallest absolute Gasteiger partial charge is 0.409 e. The highest BCUT2D eigenvalue weighted by molar-refractivity contribution is 5.95. The van der Waals surface area contributed by atoms with E-state index in [9.17, 15) is 9.59 Å². The van der Waals surface area contributed by atoms with Gasteiger partial charge in [0.05, 0.1) is 24.9 Å². The fraction of sp³-hybridized carbons (Fsp3) is 0.444. The van der Waals surface area contributed by atoms with Crippen LogP contribution in [0.5, 0.6) is 0 Å². The Morgan fingerprint density at radius 1 is 1.31 bits per heavy atom. The average Bonchev–Trinajstić information content (AvgIpc) is 2.89. The molecule has 0 unspecified atom stereocenters. The molecule has 138 valence electrons. The van der Waals surface area contributed by atoms with E-state index in [2.05, 4.69) is 15.4 Å². The van der Waals surface area contributed by atoms with Crippen molar-refractivity contribution in [1.29, 1.82) is 0 Å². The normalized spacial score (nSPS) is 13.3. The molecular weight excluding hydrogens is 334 g/mol. The summed E-state index contributed by atoms with van der Waals surface area (Å²) < 4.78 is 6.58. The molecule has 0 radical (unpaired) electrons. The molecule has 2 amide bonds. The molecule has 0 spiro atoms. The predicted molar refractivity (Wildman–Crippen MR) is 94.6 cm³/mol. The number of ether oxygens (including phenoxy) is 1. The minimum atomic E-state index is -0.368. The number of carbonyl (C=O) groups excluding carboxylic acids is 2. The predicted octanol–water partition coefficient (Wildman–Crippen LogP) is 1.49. The van der Waals surface area contributed by atoms with Crippen molar-refractivity contribution in [3.63, 3.8) is 0 Å². The van der Waals surface area contributed by atoms with E-state index in [-0.39, 0.29) is 12.0 Å². The standard InChI is InChI=1S/C18H23N5O3/c1-11-15(12(2)22(3)21-11)9-20-17(24)16-8-19-7-13-10-23(18(25)26-4)6-5-14(13)16/h7-8H,5-6,9-10H2,1-4H3,(H,20,24). The Morgan fingerprint density at radius 3 is 2.73 bits per heavy atom. The summed E-state index contributed by atoms with van der Waals surface area (Å²) in [5.41, 5.74) is 5.35. The number of aromatic nitrogens is 3. The summed E-state index contributed by atoms with van der Waals surface area (Å²) >= 11 is 0. The van der Waals surface area contributed by atoms with Gasteiger partial charge in [-0.3, -0.25) is 14.5 Å². The molecule has 0 atom stereocenters. The summed E-state index contributed by atoms with van der Waals surface area (Å²) in [5.74, 6) is -0.163. The number of amides is 2. The maximum Gasteiger partial charge on any atom is 0.409 e. The Labute approximate surface area is 152 Å². The fourth-order valence-electron chi connectivity index (χ4n) is 3.31. The van der Waals surface area contributed by atoms with Crippen LogP contribution in [0.3, 0.4) is 0 Å². The van der Waals surface area contributed by atoms with E-state index in [4.69, 9.17) is 4.74 Å². The lowest BCUT2D eigenvalue weighted by atomic mass is 9.97. The van der Waals surface area contributed by atoms with Crippen LogP contribution in [0.1, 0.15) is 38.4 Å². The number of aryl methyl sites for hydroxylation is 2. The molecule has 2 aromatic rings. The van der Waals surface area contributed by atoms with Gasteiger partial charge in [-0.25, -0.2) is 4.79 Å². The molecule has 8 nitrogen and oxygen atoms in total. The third-order valence-corrected chi connectivity index (χ3v) is 4.90. The number of nitrogens with one attached hydrogen (secondary N) is 1. The topological polar surface area (TPSA) is 89.3 Å². The van der Waals surface area contributed by atoms with Crippen LogP contribution in [0, 0.1) is 13.8 Å². The van der Waals surface area contributed by atoms with Crippen LogP contribution in [0.4, 0.5) is 4.79 Å². The Kier molecular flexibility index (Phi) is 4.92. The zero-order valence-corrected chi connectivity index (χ0v) is 15.5. The lowest BCUT2D eigenvalue weighted by Gasteiger charge is -2.28. The zero-order chi connectivity index (χ0) is 18.8. The molecule has 0 saturated carbocycles. The van der Waals surface area contributed by atoms with E-state index in [1.165, 1.54) is 7.11 Å². The molecule has 0 aliphatic carbocycles. The number of nitrogens with zero attached hydrogens (tertiary/aromatic N) is 4. The van der Waals surface area contributed by atoms with Crippen LogP contribution in [0.25, 0.3) is 0 Å². The molecule has 0 bridgehead atoms. The number of hydrogen-bond acceptors (Lipinski definition) is 5. The lowest BCUT2D eigenvalue weighted by molar-refractivity contribution is 0.0948. The molecule has 1 N–H and O–H groups in total. The molecule has 3 rings (SSSR count). The summed E-state index contributed by atoms with van der Waals surface area (Å²) in [6, 6.07) is 0. The summed E-state index contributed by atoms with van der Waals surface area (Å²) in [6.45, 7) is 5.25. The van der Waals surface area contributed by atoms with Gasteiger partial charge in [-0.05, 0) is 31.4 Å². The highest BCUT2D eigenvalue weighted by Gasteiger charge is 2.25. The van der Waals surface area contributed by atoms with Gasteiger partial charge in [-0.1, -0.05) is 0 Å². The first kappa shape index (κ1) is 17.9. The van der Waals surface area contributed by atoms with E-state index < -0.39 is 0 Å². The van der Waals surface area contributed by atoms with Crippen molar-refractivity contribution in [2.24, 2.45) is 7.05 Å². The highest BCUT2D eigenvalue weighted by Crippen LogP contribution is 2.22. The monoisotopic (exact) mass is 357 g/mol. The van der Waals surface area contributed by atoms with Gasteiger partial charge >= 0.3 is 6.09 Å². The average molecular weight is 357 g/mol. The summed E-state index contributed by atoms with van der Waals surface area (Å²) in [7, 11) is 3.25. The van der Waals surface area contributed by atoms with E-state index in [1.54, 1.807) is 17.3 Å². The van der Waals surface area contributed by atoms with Gasteiger partial charge in [0.25, 0.3) is 5.91 Å². The first-order valence-corrected chi connectivity index (χ1v) is 8.48. The van der Waals surface area contributed by atoms with Crippen molar-refractivity contribution in [3.05, 3.63) is 46.0 Å². The molecule has 1 aliphatic rings. The summed E-state index contributed by atoms with van der Waals surface area (Å²) in [5, 5.41) is 7.34. The van der Waals surface area contributed by atoms with E-state index in [0.717, 1.165) is 28.1 Å². The number of rotatable bonds is 3. The molecule has 3 heterocycles. The van der Waals surface area contributed by atoms with Crippen LogP contribution in [-0.4, -0.2) is 45.3 Å². The minimum absolute atomic E-state index is 0.163. The van der Waals surface area contributed by atoms with Crippen molar-refractivity contribution in [1.82, 2.24) is 25.0 Å². The number of hydrogen-bond donors (Lipinski definition) is 1. The second kappa shape index (κ2) is 7.15. The van der Waals surface area contributed by atoms with Crippen LogP contribution in [0.2, 0.25) is 0 Å². The number of carbonyl (C=O) groups is 2. The van der Waals surface area contributed by atoms with Crippen LogP contribution >= 0.6 is 0 Å². The van der Waals surface area contributed by atoms with Gasteiger partial charge in [-0.15, -0.1) is 0 Å². The third-order valence-electron chi connectivity index (χ3n) is 4.90. The van der Waals surface area contributed by atoms with E-state index in [0.29, 0.717) is 31.6 Å². The van der Waals surface area contributed by atoms with E-state index >= 15 is 0 Å². The van der Waals surface area contributed by atoms with Gasteiger partial charge in [0, 0.05) is 43.8 Å². The second-order valence-electron chi connectivity index (χ2n) is 6.42. The molecular formula is C18H23N5O3. The number of fused-ring (bicyclic) bond motifs is 1. The summed E-state index contributed by atoms with van der Waals surface area (Å²) in [4.78, 5) is 30.2. The van der Waals surface area contributed by atoms with Gasteiger partial charge in [0.15, 0.2) is 0 Å². The lowest BCUT2D eigenvalue weighted by Crippen LogP contribution is -2.37. The molecule has 1 aliphatic heterocycles. The highest BCUT2D eigenvalue weighted by atomic mass is 16.5. The molecule has 26 heavy (non-hydrogen) atoms. The first-order valence-electron chi connectivity index (χ1n) is 8.48. The van der Waals surface area contributed by atoms with Crippen molar-refractivity contribution in [2.75, 3.05) is 13.7 Å². The molecule has 8 heteroatoms. The molecule has 2 aromatic heterocycles. The minimum Gasteiger partial charge on any atom is -0.453 e. The molecule has 0 saturated heterocycles. The van der Waals surface area contributed by atoms with Gasteiger partial charge in [-0.2, -0.15) is 5.10 Å². The SMILES string of the molecule is COC(=O)N1CCc2c(cncc2C(=O)NCc2c(C)nn(C)c2C)C1. The van der Waals surface area contributed by atoms with Crippen molar-refractivity contribution in [3.8, 4) is 0 Å². The number of methoxy groups -OCH3 is 1. The van der Waals surface area contributed by atoms with Crippen molar-refractivity contribution < 1.29 is 14.3 Å². The molecule has 0 aromatic carbocycles. The first-order chi connectivity index (χ1) is 12.4. The largest absolute Gasteiger partial charge is 0.453 e. The Bertz CT molecular complexity index is 859. The number of pyridine rings is 1. The van der Waals surface area contributed by atoms with Gasteiger partial charge < -0.3 is 15.0 Å². The second-order valence-corrected chi connectivity index (χ2v) is 6.42. The van der Waals surface area contributed by atoms with Crippen LogP contribution in [0.15, 0.2) is 12.4 Å². The summed E-state index contributed by atoms with van der Waals surface area (Å²) in [6.07, 6.45) is 3.52. The fourth-order valence-corrected chi connectivity index (χ4v) is 3.31. The maximum atomic E-state index is 12.7. The van der Waals surface area contributed by atoms with Crippen LogP contribution in [-0.2, 0) is 31.3 Å². The van der Waals surface area contributed by atoms with Gasteiger partial charge in [0.1, 0.15) is 0 Å². The van der Waals surface area contributed by atoms with E-state index in [1.807, 2.05) is 25.6 Å². The Hall–Kier alpha value is -2.90. The quantitative estimate of drug-likeness (QED) is 0.899. The van der Waals surface area contributed by atoms with Crippen molar-refractivity contribution >= 4 is 12.0 Å². The third kappa shape index (κ3) is 3.26. The Morgan fingerprint density at radius 2 is 2.08 bits per heavy atom. The zero-order valence-electron chi connectivity index (χ0n) is 15.5. The van der Waals surface area contributed by atoms with Gasteiger partial charge in [0.2, 0.25) is 0 Å². The van der Waals surface area contributed by atoms with Crippen molar-refractivity contribution in [2.45, 2.75) is 33.4 Å². The molecule has 0 fully saturated rings. The maximum absolute atomic E-state index is 12.7.